The number of primary amides is 1. The van der Waals surface area contributed by atoms with Gasteiger partial charge in [0.25, 0.3) is 0 Å². The Hall–Kier alpha value is -0.690. The normalized spacial score (nSPS) is 22.0. The highest BCUT2D eigenvalue weighted by atomic mass is 16.1. The fourth-order valence-electron chi connectivity index (χ4n) is 1.67. The highest BCUT2D eigenvalue weighted by Gasteiger charge is 2.07. The fourth-order valence-corrected chi connectivity index (χ4v) is 1.67. The van der Waals surface area contributed by atoms with E-state index in [0.717, 1.165) is 45.7 Å². The zero-order valence-electron chi connectivity index (χ0n) is 9.80. The molecule has 6 nitrogen and oxygen atoms in total. The predicted molar refractivity (Wildman–Crippen MR) is 64.0 cm³/mol. The first-order valence-corrected chi connectivity index (χ1v) is 5.92. The molecule has 5 N–H and O–H groups in total. The van der Waals surface area contributed by atoms with Gasteiger partial charge in [0.15, 0.2) is 0 Å². The van der Waals surface area contributed by atoms with Crippen molar-refractivity contribution in [3.63, 3.8) is 0 Å². The van der Waals surface area contributed by atoms with Gasteiger partial charge in [-0.2, -0.15) is 0 Å². The van der Waals surface area contributed by atoms with Gasteiger partial charge < -0.3 is 21.7 Å². The summed E-state index contributed by atoms with van der Waals surface area (Å²) in [6, 6.07) is 0. The zero-order chi connectivity index (χ0) is 11.6. The molecule has 0 aromatic carbocycles. The first-order chi connectivity index (χ1) is 7.79. The smallest absolute Gasteiger partial charge is 0.231 e. The highest BCUT2D eigenvalue weighted by molar-refractivity contribution is 5.75. The van der Waals surface area contributed by atoms with Gasteiger partial charge in [-0.3, -0.25) is 9.69 Å². The third kappa shape index (κ3) is 6.73. The first kappa shape index (κ1) is 13.4. The largest absolute Gasteiger partial charge is 0.369 e. The third-order valence-corrected chi connectivity index (χ3v) is 2.51. The average Bonchev–Trinajstić information content (AvgIpc) is 2.21. The Bertz CT molecular complexity index is 188. The minimum atomic E-state index is -0.271. The molecule has 0 radical (unpaired) electrons. The van der Waals surface area contributed by atoms with Gasteiger partial charge in [-0.25, -0.2) is 0 Å². The van der Waals surface area contributed by atoms with E-state index in [4.69, 9.17) is 5.73 Å². The van der Waals surface area contributed by atoms with E-state index in [9.17, 15) is 4.79 Å². The van der Waals surface area contributed by atoms with Crippen LogP contribution < -0.4 is 21.7 Å². The minimum absolute atomic E-state index is 0.271. The molecule has 1 amide bonds. The number of nitrogens with two attached hydrogens (primary N) is 1. The van der Waals surface area contributed by atoms with Crippen molar-refractivity contribution in [2.75, 3.05) is 52.5 Å². The Morgan fingerprint density at radius 2 is 1.75 bits per heavy atom. The van der Waals surface area contributed by atoms with Crippen molar-refractivity contribution in [1.82, 2.24) is 20.9 Å². The lowest BCUT2D eigenvalue weighted by Crippen LogP contribution is -2.45. The van der Waals surface area contributed by atoms with Crippen molar-refractivity contribution < 1.29 is 4.79 Å². The van der Waals surface area contributed by atoms with Gasteiger partial charge >= 0.3 is 0 Å². The van der Waals surface area contributed by atoms with Crippen LogP contribution in [0.4, 0.5) is 0 Å². The molecule has 1 fully saturated rings. The van der Waals surface area contributed by atoms with Crippen LogP contribution in [0.25, 0.3) is 0 Å². The second-order valence-corrected chi connectivity index (χ2v) is 4.03. The van der Waals surface area contributed by atoms with Gasteiger partial charge in [0.05, 0.1) is 6.54 Å². The molecule has 94 valence electrons. The van der Waals surface area contributed by atoms with E-state index >= 15 is 0 Å². The van der Waals surface area contributed by atoms with Crippen LogP contribution in [0.5, 0.6) is 0 Å². The first-order valence-electron chi connectivity index (χ1n) is 5.92. The number of amides is 1. The second kappa shape index (κ2) is 8.46. The summed E-state index contributed by atoms with van der Waals surface area (Å²) in [5.74, 6) is -0.271. The van der Waals surface area contributed by atoms with E-state index < -0.39 is 0 Å². The van der Waals surface area contributed by atoms with E-state index in [-0.39, 0.29) is 5.91 Å². The van der Waals surface area contributed by atoms with Gasteiger partial charge in [-0.1, -0.05) is 0 Å². The van der Waals surface area contributed by atoms with Crippen LogP contribution in [0.15, 0.2) is 0 Å². The Labute approximate surface area is 96.9 Å². The monoisotopic (exact) mass is 229 g/mol. The van der Waals surface area contributed by atoms with Crippen LogP contribution in [0, 0.1) is 0 Å². The summed E-state index contributed by atoms with van der Waals surface area (Å²) in [7, 11) is 0. The Morgan fingerprint density at radius 1 is 1.06 bits per heavy atom. The summed E-state index contributed by atoms with van der Waals surface area (Å²) in [5, 5.41) is 9.98. The van der Waals surface area contributed by atoms with Crippen molar-refractivity contribution in [3.8, 4) is 0 Å². The van der Waals surface area contributed by atoms with Gasteiger partial charge in [0, 0.05) is 32.8 Å². The van der Waals surface area contributed by atoms with Crippen molar-refractivity contribution in [2.24, 2.45) is 5.73 Å². The van der Waals surface area contributed by atoms with Crippen LogP contribution in [0.3, 0.4) is 0 Å². The van der Waals surface area contributed by atoms with Gasteiger partial charge in [0.2, 0.25) is 5.91 Å². The molecule has 0 bridgehead atoms. The quantitative estimate of drug-likeness (QED) is 0.436. The van der Waals surface area contributed by atoms with Crippen LogP contribution in [0.2, 0.25) is 0 Å². The molecule has 0 aromatic rings. The number of carbonyl (C=O) groups is 1. The SMILES string of the molecule is NC(=O)CN1CCNCCCNCCNC1. The van der Waals surface area contributed by atoms with Crippen molar-refractivity contribution in [2.45, 2.75) is 6.42 Å². The molecular weight excluding hydrogens is 206 g/mol. The maximum atomic E-state index is 10.9. The number of hydrogen-bond donors (Lipinski definition) is 4. The van der Waals surface area contributed by atoms with E-state index in [2.05, 4.69) is 16.0 Å². The number of nitrogens with zero attached hydrogens (tertiary/aromatic N) is 1. The molecule has 0 unspecified atom stereocenters. The molecule has 0 atom stereocenters. The highest BCUT2D eigenvalue weighted by Crippen LogP contribution is 1.85. The topological polar surface area (TPSA) is 82.4 Å². The molecule has 0 aliphatic carbocycles. The van der Waals surface area contributed by atoms with E-state index in [0.29, 0.717) is 13.2 Å². The average molecular weight is 229 g/mol. The van der Waals surface area contributed by atoms with Crippen molar-refractivity contribution in [1.29, 1.82) is 0 Å². The molecule has 1 rings (SSSR count). The second-order valence-electron chi connectivity index (χ2n) is 4.03. The minimum Gasteiger partial charge on any atom is -0.369 e. The number of hydrogen-bond acceptors (Lipinski definition) is 5. The van der Waals surface area contributed by atoms with E-state index in [1.807, 2.05) is 4.90 Å². The Kier molecular flexibility index (Phi) is 7.07. The lowest BCUT2D eigenvalue weighted by atomic mass is 10.4. The summed E-state index contributed by atoms with van der Waals surface area (Å²) in [4.78, 5) is 12.9. The molecule has 6 heteroatoms. The number of nitrogens with one attached hydrogen (secondary N) is 3. The molecule has 1 heterocycles. The van der Waals surface area contributed by atoms with Crippen molar-refractivity contribution in [3.05, 3.63) is 0 Å². The molecule has 16 heavy (non-hydrogen) atoms. The Morgan fingerprint density at radius 3 is 2.50 bits per heavy atom. The van der Waals surface area contributed by atoms with Crippen LogP contribution in [-0.4, -0.2) is 63.3 Å². The van der Waals surface area contributed by atoms with E-state index in [1.54, 1.807) is 0 Å². The molecule has 1 aliphatic heterocycles. The lowest BCUT2D eigenvalue weighted by molar-refractivity contribution is -0.119. The molecular formula is C10H23N5O. The molecule has 1 aliphatic rings. The molecule has 0 saturated carbocycles. The van der Waals surface area contributed by atoms with E-state index in [1.165, 1.54) is 0 Å². The van der Waals surface area contributed by atoms with Crippen LogP contribution >= 0.6 is 0 Å². The van der Waals surface area contributed by atoms with Gasteiger partial charge in [-0.15, -0.1) is 0 Å². The van der Waals surface area contributed by atoms with Crippen molar-refractivity contribution >= 4 is 5.91 Å². The summed E-state index contributed by atoms with van der Waals surface area (Å²) in [5.41, 5.74) is 5.20. The molecule has 0 aromatic heterocycles. The maximum Gasteiger partial charge on any atom is 0.231 e. The fraction of sp³-hybridized carbons (Fsp3) is 0.900. The van der Waals surface area contributed by atoms with Crippen LogP contribution in [0.1, 0.15) is 6.42 Å². The summed E-state index contributed by atoms with van der Waals surface area (Å²) in [6.07, 6.45) is 1.13. The maximum absolute atomic E-state index is 10.9. The zero-order valence-corrected chi connectivity index (χ0v) is 9.80. The van der Waals surface area contributed by atoms with Gasteiger partial charge in [0.1, 0.15) is 0 Å². The molecule has 0 spiro atoms. The van der Waals surface area contributed by atoms with Gasteiger partial charge in [-0.05, 0) is 19.5 Å². The predicted octanol–water partition coefficient (Wildman–Crippen LogP) is -2.10. The summed E-state index contributed by atoms with van der Waals surface area (Å²) in [6.45, 7) is 6.74. The Balaban J connectivity index is 2.27. The summed E-state index contributed by atoms with van der Waals surface area (Å²) >= 11 is 0. The van der Waals surface area contributed by atoms with Crippen LogP contribution in [-0.2, 0) is 4.79 Å². The number of carbonyl (C=O) groups excluding carboxylic acids is 1. The third-order valence-electron chi connectivity index (χ3n) is 2.51. The summed E-state index contributed by atoms with van der Waals surface area (Å²) < 4.78 is 0. The lowest BCUT2D eigenvalue weighted by Gasteiger charge is -2.22. The molecule has 1 saturated heterocycles. The standard InChI is InChI=1S/C10H23N5O/c11-10(16)8-15-7-6-13-3-1-2-12-4-5-14-9-15/h12-14H,1-9H2,(H2,11,16). The number of rotatable bonds is 2.